The number of phenols is 1. The van der Waals surface area contributed by atoms with Gasteiger partial charge in [0, 0.05) is 37.0 Å². The summed E-state index contributed by atoms with van der Waals surface area (Å²) < 4.78 is 19.9. The highest BCUT2D eigenvalue weighted by Gasteiger charge is 2.43. The molecule has 150 valence electrons. The molecule has 0 bridgehead atoms. The van der Waals surface area contributed by atoms with Gasteiger partial charge >= 0.3 is 0 Å². The van der Waals surface area contributed by atoms with Crippen LogP contribution in [0.4, 0.5) is 4.39 Å². The van der Waals surface area contributed by atoms with Gasteiger partial charge in [-0.3, -0.25) is 9.89 Å². The standard InChI is InChI=1S/C22H22FN3O3/c1-13-8-9-17(27)15(12-13)19-18-20(25-24-19)22(28)26(10-5-11-29-2)21(18)14-6-3-4-7-16(14)23/h3-4,6-9,12,21,27H,5,10-11H2,1-2H3,(H,24,25)/t21-/m1/s1. The van der Waals surface area contributed by atoms with Crippen LogP contribution in [0.5, 0.6) is 5.75 Å². The number of rotatable bonds is 6. The number of methoxy groups -OCH3 is 1. The molecule has 0 saturated heterocycles. The van der Waals surface area contributed by atoms with Crippen LogP contribution in [0.15, 0.2) is 42.5 Å². The number of aromatic hydroxyl groups is 1. The molecule has 0 unspecified atom stereocenters. The number of aromatic amines is 1. The lowest BCUT2D eigenvalue weighted by molar-refractivity contribution is 0.0721. The summed E-state index contributed by atoms with van der Waals surface area (Å²) in [5.74, 6) is -0.576. The number of nitrogens with zero attached hydrogens (tertiary/aromatic N) is 2. The number of halogens is 1. The molecular formula is C22H22FN3O3. The molecule has 2 aromatic carbocycles. The Kier molecular flexibility index (Phi) is 5.07. The van der Waals surface area contributed by atoms with Gasteiger partial charge in [0.15, 0.2) is 0 Å². The molecule has 1 aliphatic rings. The molecule has 0 aliphatic carbocycles. The quantitative estimate of drug-likeness (QED) is 0.622. The van der Waals surface area contributed by atoms with E-state index in [0.717, 1.165) is 5.56 Å². The van der Waals surface area contributed by atoms with Gasteiger partial charge in [0.25, 0.3) is 5.91 Å². The minimum absolute atomic E-state index is 0.0578. The van der Waals surface area contributed by atoms with Crippen molar-refractivity contribution in [3.8, 4) is 17.0 Å². The van der Waals surface area contributed by atoms with E-state index in [-0.39, 0.29) is 11.7 Å². The highest BCUT2D eigenvalue weighted by Crippen LogP contribution is 2.45. The number of ether oxygens (including phenoxy) is 1. The minimum atomic E-state index is -0.635. The molecule has 0 fully saturated rings. The fourth-order valence-electron chi connectivity index (χ4n) is 3.87. The van der Waals surface area contributed by atoms with E-state index >= 15 is 0 Å². The highest BCUT2D eigenvalue weighted by atomic mass is 19.1. The van der Waals surface area contributed by atoms with Gasteiger partial charge < -0.3 is 14.7 Å². The van der Waals surface area contributed by atoms with Crippen molar-refractivity contribution in [3.63, 3.8) is 0 Å². The van der Waals surface area contributed by atoms with Crippen LogP contribution in [0.1, 0.15) is 39.6 Å². The van der Waals surface area contributed by atoms with E-state index in [4.69, 9.17) is 4.74 Å². The first-order chi connectivity index (χ1) is 14.0. The Labute approximate surface area is 167 Å². The first kappa shape index (κ1) is 19.1. The van der Waals surface area contributed by atoms with E-state index in [2.05, 4.69) is 10.2 Å². The fourth-order valence-corrected chi connectivity index (χ4v) is 3.87. The number of H-pyrrole nitrogens is 1. The third-order valence-corrected chi connectivity index (χ3v) is 5.22. The van der Waals surface area contributed by atoms with Gasteiger partial charge in [-0.2, -0.15) is 5.10 Å². The van der Waals surface area contributed by atoms with Gasteiger partial charge in [-0.05, 0) is 31.5 Å². The summed E-state index contributed by atoms with van der Waals surface area (Å²) in [4.78, 5) is 14.7. The molecule has 0 saturated carbocycles. The Bertz CT molecular complexity index is 1060. The molecule has 29 heavy (non-hydrogen) atoms. The molecule has 3 aromatic rings. The normalized spacial score (nSPS) is 15.8. The summed E-state index contributed by atoms with van der Waals surface area (Å²) in [5.41, 5.74) is 3.21. The highest BCUT2D eigenvalue weighted by molar-refractivity contribution is 6.00. The number of carbonyl (C=O) groups is 1. The lowest BCUT2D eigenvalue weighted by atomic mass is 9.94. The fraction of sp³-hybridized carbons (Fsp3) is 0.273. The number of amides is 1. The summed E-state index contributed by atoms with van der Waals surface area (Å²) in [7, 11) is 1.60. The van der Waals surface area contributed by atoms with Crippen LogP contribution in [0, 0.1) is 12.7 Å². The number of phenolic OH excluding ortho intramolecular Hbond substituents is 1. The molecule has 2 N–H and O–H groups in total. The number of hydrogen-bond donors (Lipinski definition) is 2. The molecule has 1 aromatic heterocycles. The lowest BCUT2D eigenvalue weighted by Gasteiger charge is -2.26. The maximum Gasteiger partial charge on any atom is 0.273 e. The lowest BCUT2D eigenvalue weighted by Crippen LogP contribution is -2.31. The zero-order valence-electron chi connectivity index (χ0n) is 16.3. The van der Waals surface area contributed by atoms with Crippen molar-refractivity contribution in [3.05, 3.63) is 70.7 Å². The molecule has 0 radical (unpaired) electrons. The SMILES string of the molecule is COCCCN1C(=O)c2[nH]nc(-c3cc(C)ccc3O)c2[C@H]1c1ccccc1F. The van der Waals surface area contributed by atoms with Crippen molar-refractivity contribution in [2.45, 2.75) is 19.4 Å². The Morgan fingerprint density at radius 3 is 2.83 bits per heavy atom. The van der Waals surface area contributed by atoms with Gasteiger partial charge in [-0.15, -0.1) is 0 Å². The molecule has 2 heterocycles. The molecule has 1 atom stereocenters. The first-order valence-corrected chi connectivity index (χ1v) is 9.45. The van der Waals surface area contributed by atoms with Gasteiger partial charge in [-0.25, -0.2) is 4.39 Å². The number of nitrogens with one attached hydrogen (secondary N) is 1. The van der Waals surface area contributed by atoms with Crippen molar-refractivity contribution < 1.29 is 19.0 Å². The van der Waals surface area contributed by atoms with Crippen molar-refractivity contribution in [2.75, 3.05) is 20.3 Å². The Morgan fingerprint density at radius 1 is 1.28 bits per heavy atom. The van der Waals surface area contributed by atoms with Gasteiger partial charge in [-0.1, -0.05) is 29.8 Å². The van der Waals surface area contributed by atoms with Gasteiger partial charge in [0.05, 0.1) is 6.04 Å². The number of carbonyl (C=O) groups excluding carboxylic acids is 1. The largest absolute Gasteiger partial charge is 0.507 e. The number of aromatic nitrogens is 2. The number of hydrogen-bond acceptors (Lipinski definition) is 4. The van der Waals surface area contributed by atoms with E-state index in [1.54, 1.807) is 42.3 Å². The number of fused-ring (bicyclic) bond motifs is 1. The summed E-state index contributed by atoms with van der Waals surface area (Å²) in [6.07, 6.45) is 0.621. The van der Waals surface area contributed by atoms with Crippen molar-refractivity contribution in [1.82, 2.24) is 15.1 Å². The second-order valence-corrected chi connectivity index (χ2v) is 7.15. The molecule has 7 heteroatoms. The van der Waals surface area contributed by atoms with Crippen LogP contribution >= 0.6 is 0 Å². The topological polar surface area (TPSA) is 78.5 Å². The predicted molar refractivity (Wildman–Crippen MR) is 106 cm³/mol. The van der Waals surface area contributed by atoms with E-state index in [0.29, 0.717) is 47.7 Å². The maximum atomic E-state index is 14.8. The zero-order valence-corrected chi connectivity index (χ0v) is 16.3. The number of benzene rings is 2. The minimum Gasteiger partial charge on any atom is -0.507 e. The summed E-state index contributed by atoms with van der Waals surface area (Å²) in [6, 6.07) is 11.0. The van der Waals surface area contributed by atoms with Crippen LogP contribution in [0.2, 0.25) is 0 Å². The first-order valence-electron chi connectivity index (χ1n) is 9.45. The maximum absolute atomic E-state index is 14.8. The van der Waals surface area contributed by atoms with Crippen LogP contribution < -0.4 is 0 Å². The molecule has 1 aliphatic heterocycles. The molecule has 4 rings (SSSR count). The van der Waals surface area contributed by atoms with Gasteiger partial charge in [0.1, 0.15) is 23.0 Å². The summed E-state index contributed by atoms with van der Waals surface area (Å²) >= 11 is 0. The molecule has 0 spiro atoms. The third-order valence-electron chi connectivity index (χ3n) is 5.22. The van der Waals surface area contributed by atoms with E-state index in [1.165, 1.54) is 6.07 Å². The molecule has 1 amide bonds. The second kappa shape index (κ2) is 7.67. The van der Waals surface area contributed by atoms with Crippen LogP contribution in [-0.4, -0.2) is 46.4 Å². The molecular weight excluding hydrogens is 373 g/mol. The monoisotopic (exact) mass is 395 g/mol. The van der Waals surface area contributed by atoms with Crippen molar-refractivity contribution >= 4 is 5.91 Å². The summed E-state index contributed by atoms with van der Waals surface area (Å²) in [5, 5.41) is 17.5. The van der Waals surface area contributed by atoms with Crippen LogP contribution in [-0.2, 0) is 4.74 Å². The van der Waals surface area contributed by atoms with Crippen LogP contribution in [0.3, 0.4) is 0 Å². The zero-order chi connectivity index (χ0) is 20.5. The van der Waals surface area contributed by atoms with Crippen molar-refractivity contribution in [1.29, 1.82) is 0 Å². The van der Waals surface area contributed by atoms with Crippen LogP contribution in [0.25, 0.3) is 11.3 Å². The predicted octanol–water partition coefficient (Wildman–Crippen LogP) is 3.81. The Morgan fingerprint density at radius 2 is 2.07 bits per heavy atom. The third kappa shape index (κ3) is 3.27. The Balaban J connectivity index is 1.88. The second-order valence-electron chi connectivity index (χ2n) is 7.15. The number of aryl methyl sites for hydroxylation is 1. The van der Waals surface area contributed by atoms with E-state index < -0.39 is 11.9 Å². The van der Waals surface area contributed by atoms with E-state index in [1.807, 2.05) is 13.0 Å². The summed E-state index contributed by atoms with van der Waals surface area (Å²) in [6.45, 7) is 2.81. The average Bonchev–Trinajstić information content (AvgIpc) is 3.24. The Hall–Kier alpha value is -3.19. The smallest absolute Gasteiger partial charge is 0.273 e. The molecule has 6 nitrogen and oxygen atoms in total. The average molecular weight is 395 g/mol. The van der Waals surface area contributed by atoms with E-state index in [9.17, 15) is 14.3 Å². The van der Waals surface area contributed by atoms with Gasteiger partial charge in [0.2, 0.25) is 0 Å². The van der Waals surface area contributed by atoms with Crippen molar-refractivity contribution in [2.24, 2.45) is 0 Å².